The number of aryl methyl sites for hydroxylation is 1. The Hall–Kier alpha value is -2.57. The lowest BCUT2D eigenvalue weighted by molar-refractivity contribution is 0.0642. The minimum Gasteiger partial charge on any atom is -0.475 e. The van der Waals surface area contributed by atoms with Gasteiger partial charge in [-0.25, -0.2) is 4.79 Å². The van der Waals surface area contributed by atoms with E-state index in [4.69, 9.17) is 14.0 Å². The van der Waals surface area contributed by atoms with Crippen LogP contribution in [0.4, 0.5) is 0 Å². The van der Waals surface area contributed by atoms with Crippen molar-refractivity contribution in [3.8, 4) is 0 Å². The van der Waals surface area contributed by atoms with Crippen molar-refractivity contribution in [3.63, 3.8) is 0 Å². The zero-order chi connectivity index (χ0) is 16.8. The summed E-state index contributed by atoms with van der Waals surface area (Å²) >= 11 is 0. The third kappa shape index (κ3) is 2.81. The fraction of sp³-hybridized carbons (Fsp3) is 0.471. The molecule has 2 aliphatic rings. The summed E-state index contributed by atoms with van der Waals surface area (Å²) in [6.45, 7) is 1.96. The monoisotopic (exact) mass is 330 g/mol. The maximum Gasteiger partial charge on any atom is 0.372 e. The number of carbonyl (C=O) groups is 2. The highest BCUT2D eigenvalue weighted by Crippen LogP contribution is 2.40. The Labute approximate surface area is 138 Å². The van der Waals surface area contributed by atoms with Crippen LogP contribution in [0.25, 0.3) is 0 Å². The molecule has 2 fully saturated rings. The first-order valence-corrected chi connectivity index (χ1v) is 8.13. The maximum absolute atomic E-state index is 12.8. The highest BCUT2D eigenvalue weighted by atomic mass is 16.5. The van der Waals surface area contributed by atoms with Crippen molar-refractivity contribution in [2.75, 3.05) is 0 Å². The van der Waals surface area contributed by atoms with E-state index in [1.807, 2.05) is 6.07 Å². The summed E-state index contributed by atoms with van der Waals surface area (Å²) in [5.74, 6) is -0.245. The summed E-state index contributed by atoms with van der Waals surface area (Å²) in [7, 11) is 0. The van der Waals surface area contributed by atoms with E-state index in [0.29, 0.717) is 18.0 Å². The number of carbonyl (C=O) groups excluding carboxylic acids is 1. The van der Waals surface area contributed by atoms with Gasteiger partial charge in [0.1, 0.15) is 11.5 Å². The Morgan fingerprint density at radius 2 is 2.04 bits per heavy atom. The molecule has 0 aliphatic heterocycles. The zero-order valence-corrected chi connectivity index (χ0v) is 13.3. The quantitative estimate of drug-likeness (QED) is 0.874. The van der Waals surface area contributed by atoms with Crippen molar-refractivity contribution in [2.45, 2.75) is 51.1 Å². The van der Waals surface area contributed by atoms with Gasteiger partial charge in [0.05, 0.1) is 6.54 Å². The van der Waals surface area contributed by atoms with Gasteiger partial charge in [-0.05, 0) is 38.7 Å². The topological polar surface area (TPSA) is 96.8 Å². The van der Waals surface area contributed by atoms with Gasteiger partial charge >= 0.3 is 5.97 Å². The molecule has 2 aromatic heterocycles. The summed E-state index contributed by atoms with van der Waals surface area (Å²) in [5, 5.41) is 13.1. The molecular weight excluding hydrogens is 312 g/mol. The van der Waals surface area contributed by atoms with E-state index < -0.39 is 5.97 Å². The molecule has 0 atom stereocenters. The molecule has 24 heavy (non-hydrogen) atoms. The van der Waals surface area contributed by atoms with Crippen LogP contribution in [0.5, 0.6) is 0 Å². The van der Waals surface area contributed by atoms with Crippen LogP contribution >= 0.6 is 0 Å². The number of aromatic carboxylic acids is 1. The molecule has 0 unspecified atom stereocenters. The second-order valence-corrected chi connectivity index (χ2v) is 6.59. The van der Waals surface area contributed by atoms with Crippen molar-refractivity contribution >= 4 is 11.9 Å². The van der Waals surface area contributed by atoms with E-state index in [2.05, 4.69) is 5.16 Å². The van der Waals surface area contributed by atoms with E-state index in [1.54, 1.807) is 11.8 Å². The fourth-order valence-corrected chi connectivity index (χ4v) is 2.83. The van der Waals surface area contributed by atoms with Crippen LogP contribution in [0.3, 0.4) is 0 Å². The second kappa shape index (κ2) is 5.51. The standard InChI is InChI=1S/C17H18N2O5/c1-9-6-14(23-15(9)17(21)22)16(20)19(12-4-5-12)8-11-7-13(24-18-11)10-2-3-10/h6-7,10,12H,2-5,8H2,1H3,(H,21,22). The molecule has 0 saturated heterocycles. The minimum atomic E-state index is -1.17. The molecule has 4 rings (SSSR count). The molecule has 2 heterocycles. The van der Waals surface area contributed by atoms with Crippen molar-refractivity contribution in [2.24, 2.45) is 0 Å². The van der Waals surface area contributed by atoms with Crippen molar-refractivity contribution in [3.05, 3.63) is 40.7 Å². The highest BCUT2D eigenvalue weighted by molar-refractivity contribution is 5.94. The first kappa shape index (κ1) is 15.0. The highest BCUT2D eigenvalue weighted by Gasteiger charge is 2.36. The predicted octanol–water partition coefficient (Wildman–Crippen LogP) is 2.96. The average Bonchev–Trinajstić information content (AvgIpc) is 3.47. The first-order valence-electron chi connectivity index (χ1n) is 8.13. The fourth-order valence-electron chi connectivity index (χ4n) is 2.83. The third-order valence-corrected chi connectivity index (χ3v) is 4.46. The largest absolute Gasteiger partial charge is 0.475 e. The van der Waals surface area contributed by atoms with Crippen LogP contribution in [0.2, 0.25) is 0 Å². The first-order chi connectivity index (χ1) is 11.5. The van der Waals surface area contributed by atoms with Crippen LogP contribution in [0, 0.1) is 6.92 Å². The molecule has 0 aromatic carbocycles. The number of carboxylic acids is 1. The summed E-state index contributed by atoms with van der Waals surface area (Å²) in [6.07, 6.45) is 4.13. The van der Waals surface area contributed by atoms with Crippen LogP contribution in [0.15, 0.2) is 21.1 Å². The van der Waals surface area contributed by atoms with Gasteiger partial charge in [-0.3, -0.25) is 4.79 Å². The Balaban J connectivity index is 1.54. The summed E-state index contributed by atoms with van der Waals surface area (Å²) in [5.41, 5.74) is 1.16. The van der Waals surface area contributed by atoms with Gasteiger partial charge in [-0.1, -0.05) is 5.16 Å². The SMILES string of the molecule is Cc1cc(C(=O)N(Cc2cc(C3CC3)on2)C2CC2)oc1C(=O)O. The van der Waals surface area contributed by atoms with Gasteiger partial charge in [-0.15, -0.1) is 0 Å². The Kier molecular flexibility index (Phi) is 3.44. The molecule has 2 aromatic rings. The van der Waals surface area contributed by atoms with Gasteiger partial charge in [0.2, 0.25) is 5.76 Å². The van der Waals surface area contributed by atoms with Gasteiger partial charge in [0.25, 0.3) is 5.91 Å². The molecule has 2 aliphatic carbocycles. The predicted molar refractivity (Wildman–Crippen MR) is 81.8 cm³/mol. The van der Waals surface area contributed by atoms with Crippen LogP contribution in [-0.2, 0) is 6.54 Å². The van der Waals surface area contributed by atoms with Gasteiger partial charge < -0.3 is 18.9 Å². The molecule has 0 bridgehead atoms. The van der Waals surface area contributed by atoms with E-state index in [1.165, 1.54) is 6.07 Å². The minimum absolute atomic E-state index is 0.0581. The smallest absolute Gasteiger partial charge is 0.372 e. The lowest BCUT2D eigenvalue weighted by atomic mass is 10.2. The average molecular weight is 330 g/mol. The number of carboxylic acid groups (broad SMARTS) is 1. The lowest BCUT2D eigenvalue weighted by Gasteiger charge is -2.19. The molecule has 0 spiro atoms. The Morgan fingerprint density at radius 1 is 1.29 bits per heavy atom. The number of nitrogens with zero attached hydrogens (tertiary/aromatic N) is 2. The number of hydrogen-bond acceptors (Lipinski definition) is 5. The zero-order valence-electron chi connectivity index (χ0n) is 13.3. The van der Waals surface area contributed by atoms with Crippen molar-refractivity contribution in [1.29, 1.82) is 0 Å². The van der Waals surface area contributed by atoms with Gasteiger partial charge in [0.15, 0.2) is 5.76 Å². The maximum atomic E-state index is 12.8. The molecule has 1 amide bonds. The van der Waals surface area contributed by atoms with E-state index >= 15 is 0 Å². The summed E-state index contributed by atoms with van der Waals surface area (Å²) in [4.78, 5) is 25.5. The van der Waals surface area contributed by atoms with E-state index in [9.17, 15) is 9.59 Å². The molecular formula is C17H18N2O5. The number of hydrogen-bond donors (Lipinski definition) is 1. The Morgan fingerprint density at radius 3 is 2.62 bits per heavy atom. The summed E-state index contributed by atoms with van der Waals surface area (Å²) in [6, 6.07) is 3.55. The van der Waals surface area contributed by atoms with E-state index in [-0.39, 0.29) is 23.5 Å². The lowest BCUT2D eigenvalue weighted by Crippen LogP contribution is -2.32. The number of aromatic nitrogens is 1. The molecule has 0 radical (unpaired) electrons. The second-order valence-electron chi connectivity index (χ2n) is 6.59. The van der Waals surface area contributed by atoms with Crippen molar-refractivity contribution in [1.82, 2.24) is 10.1 Å². The molecule has 2 saturated carbocycles. The number of amides is 1. The summed E-state index contributed by atoms with van der Waals surface area (Å²) < 4.78 is 10.6. The molecule has 7 nitrogen and oxygen atoms in total. The molecule has 1 N–H and O–H groups in total. The van der Waals surface area contributed by atoms with Crippen LogP contribution < -0.4 is 0 Å². The number of furan rings is 1. The molecule has 126 valence electrons. The van der Waals surface area contributed by atoms with Gasteiger partial charge in [-0.2, -0.15) is 0 Å². The third-order valence-electron chi connectivity index (χ3n) is 4.46. The van der Waals surface area contributed by atoms with Gasteiger partial charge in [0, 0.05) is 23.6 Å². The van der Waals surface area contributed by atoms with E-state index in [0.717, 1.165) is 37.1 Å². The normalized spacial score (nSPS) is 17.0. The van der Waals surface area contributed by atoms with Crippen LogP contribution in [-0.4, -0.2) is 33.1 Å². The van der Waals surface area contributed by atoms with Crippen LogP contribution in [0.1, 0.15) is 69.7 Å². The van der Waals surface area contributed by atoms with Crippen molar-refractivity contribution < 1.29 is 23.6 Å². The number of rotatable bonds is 6. The molecule has 7 heteroatoms. The Bertz CT molecular complexity index is 798.